The highest BCUT2D eigenvalue weighted by atomic mass is 32.2. The van der Waals surface area contributed by atoms with Crippen LogP contribution in [0.15, 0.2) is 38.8 Å². The molecule has 0 unspecified atom stereocenters. The molecule has 19 heavy (non-hydrogen) atoms. The molecule has 0 bridgehead atoms. The van der Waals surface area contributed by atoms with Gasteiger partial charge in [0.25, 0.3) is 0 Å². The van der Waals surface area contributed by atoms with E-state index >= 15 is 0 Å². The largest absolute Gasteiger partial charge is 0.476 e. The molecule has 0 aromatic carbocycles. The number of aryl methyl sites for hydroxylation is 1. The maximum atomic E-state index is 5.88. The summed E-state index contributed by atoms with van der Waals surface area (Å²) in [6, 6.07) is 5.67. The number of furan rings is 1. The van der Waals surface area contributed by atoms with Gasteiger partial charge in [-0.1, -0.05) is 11.8 Å². The van der Waals surface area contributed by atoms with Gasteiger partial charge in [0.15, 0.2) is 0 Å². The van der Waals surface area contributed by atoms with Crippen molar-refractivity contribution >= 4 is 17.4 Å². The van der Waals surface area contributed by atoms with Crippen molar-refractivity contribution in [1.29, 1.82) is 0 Å². The van der Waals surface area contributed by atoms with E-state index in [0.29, 0.717) is 17.5 Å². The number of ether oxygens (including phenoxy) is 1. The summed E-state index contributed by atoms with van der Waals surface area (Å²) in [5, 5.41) is 0.865. The molecule has 0 spiro atoms. The third-order valence-corrected chi connectivity index (χ3v) is 4.12. The Morgan fingerprint density at radius 3 is 2.95 bits per heavy atom. The third-order valence-electron chi connectivity index (χ3n) is 3.04. The summed E-state index contributed by atoms with van der Waals surface area (Å²) in [6.07, 6.45) is 4.19. The summed E-state index contributed by atoms with van der Waals surface area (Å²) in [5.74, 6) is 2.12. The van der Waals surface area contributed by atoms with Crippen molar-refractivity contribution in [1.82, 2.24) is 4.98 Å². The van der Waals surface area contributed by atoms with E-state index in [9.17, 15) is 0 Å². The van der Waals surface area contributed by atoms with Crippen molar-refractivity contribution < 1.29 is 9.15 Å². The van der Waals surface area contributed by atoms with Gasteiger partial charge in [-0.05, 0) is 43.9 Å². The average Bonchev–Trinajstić information content (AvgIpc) is 3.14. The molecular weight excluding hydrogens is 260 g/mol. The predicted molar refractivity (Wildman–Crippen MR) is 74.4 cm³/mol. The monoisotopic (exact) mass is 276 g/mol. The van der Waals surface area contributed by atoms with Crippen LogP contribution >= 0.6 is 11.8 Å². The summed E-state index contributed by atoms with van der Waals surface area (Å²) in [5.41, 5.74) is 6.48. The van der Waals surface area contributed by atoms with Crippen molar-refractivity contribution in [3.05, 3.63) is 30.2 Å². The highest BCUT2D eigenvalue weighted by Gasteiger charge is 2.22. The van der Waals surface area contributed by atoms with Crippen molar-refractivity contribution in [2.24, 2.45) is 5.92 Å². The van der Waals surface area contributed by atoms with Crippen LogP contribution in [0, 0.1) is 12.8 Å². The van der Waals surface area contributed by atoms with Gasteiger partial charge in [0.2, 0.25) is 5.88 Å². The number of nitrogens with two attached hydrogens (primary N) is 1. The second-order valence-electron chi connectivity index (χ2n) is 4.74. The van der Waals surface area contributed by atoms with Crippen molar-refractivity contribution in [3.63, 3.8) is 0 Å². The summed E-state index contributed by atoms with van der Waals surface area (Å²) in [4.78, 5) is 5.52. The van der Waals surface area contributed by atoms with Gasteiger partial charge in [-0.25, -0.2) is 4.98 Å². The fraction of sp³-hybridized carbons (Fsp3) is 0.357. The van der Waals surface area contributed by atoms with Crippen LogP contribution in [0.25, 0.3) is 0 Å². The minimum atomic E-state index is 0.540. The topological polar surface area (TPSA) is 61.3 Å². The van der Waals surface area contributed by atoms with E-state index in [0.717, 1.165) is 22.3 Å². The fourth-order valence-electron chi connectivity index (χ4n) is 1.68. The van der Waals surface area contributed by atoms with Gasteiger partial charge in [0, 0.05) is 0 Å². The number of hydrogen-bond donors (Lipinski definition) is 1. The Bertz CT molecular complexity index is 579. The first-order valence-corrected chi connectivity index (χ1v) is 7.15. The smallest absolute Gasteiger partial charge is 0.238 e. The first-order valence-electron chi connectivity index (χ1n) is 6.33. The molecule has 3 rings (SSSR count). The molecule has 5 heteroatoms. The molecule has 2 aromatic rings. The molecule has 0 amide bonds. The second-order valence-corrected chi connectivity index (χ2v) is 5.80. The summed E-state index contributed by atoms with van der Waals surface area (Å²) >= 11 is 1.55. The lowest BCUT2D eigenvalue weighted by molar-refractivity contribution is 0.288. The molecule has 0 aliphatic heterocycles. The Hall–Kier alpha value is -1.62. The number of aromatic nitrogens is 1. The minimum Gasteiger partial charge on any atom is -0.476 e. The molecule has 2 heterocycles. The maximum Gasteiger partial charge on any atom is 0.238 e. The van der Waals surface area contributed by atoms with Gasteiger partial charge < -0.3 is 14.9 Å². The Morgan fingerprint density at radius 2 is 2.26 bits per heavy atom. The highest BCUT2D eigenvalue weighted by molar-refractivity contribution is 7.99. The van der Waals surface area contributed by atoms with Crippen LogP contribution in [0.2, 0.25) is 0 Å². The number of nitrogens with zero attached hydrogens (tertiary/aromatic N) is 1. The molecular formula is C14H16N2O2S. The summed E-state index contributed by atoms with van der Waals surface area (Å²) in [6.45, 7) is 2.65. The van der Waals surface area contributed by atoms with Gasteiger partial charge >= 0.3 is 0 Å². The minimum absolute atomic E-state index is 0.540. The molecule has 1 aliphatic rings. The number of hydrogen-bond acceptors (Lipinski definition) is 5. The van der Waals surface area contributed by atoms with E-state index < -0.39 is 0 Å². The number of nitrogen functional groups attached to an aromatic ring is 1. The van der Waals surface area contributed by atoms with E-state index in [1.165, 1.54) is 12.8 Å². The quantitative estimate of drug-likeness (QED) is 0.905. The van der Waals surface area contributed by atoms with Gasteiger partial charge in [-0.15, -0.1) is 0 Å². The molecule has 2 N–H and O–H groups in total. The van der Waals surface area contributed by atoms with Crippen LogP contribution in [0.4, 0.5) is 5.69 Å². The molecule has 0 radical (unpaired) electrons. The highest BCUT2D eigenvalue weighted by Crippen LogP contribution is 2.34. The molecule has 100 valence electrons. The lowest BCUT2D eigenvalue weighted by atomic mass is 10.4. The Morgan fingerprint density at radius 1 is 1.42 bits per heavy atom. The number of rotatable bonds is 5. The van der Waals surface area contributed by atoms with Crippen molar-refractivity contribution in [2.75, 3.05) is 12.3 Å². The van der Waals surface area contributed by atoms with Gasteiger partial charge in [-0.3, -0.25) is 0 Å². The maximum absolute atomic E-state index is 5.88. The van der Waals surface area contributed by atoms with Gasteiger partial charge in [0.05, 0.1) is 23.5 Å². The lowest BCUT2D eigenvalue weighted by Gasteiger charge is -2.08. The van der Waals surface area contributed by atoms with Crippen LogP contribution < -0.4 is 10.5 Å². The van der Waals surface area contributed by atoms with Crippen LogP contribution in [0.1, 0.15) is 18.6 Å². The van der Waals surface area contributed by atoms with Gasteiger partial charge in [-0.2, -0.15) is 0 Å². The average molecular weight is 276 g/mol. The predicted octanol–water partition coefficient (Wildman–Crippen LogP) is 3.51. The summed E-state index contributed by atoms with van der Waals surface area (Å²) < 4.78 is 11.0. The zero-order chi connectivity index (χ0) is 13.2. The fourth-order valence-corrected chi connectivity index (χ4v) is 2.49. The molecule has 0 saturated heterocycles. The zero-order valence-electron chi connectivity index (χ0n) is 10.8. The molecule has 2 aromatic heterocycles. The Kier molecular flexibility index (Phi) is 3.38. The van der Waals surface area contributed by atoms with E-state index in [2.05, 4.69) is 4.98 Å². The third kappa shape index (κ3) is 3.04. The van der Waals surface area contributed by atoms with Crippen molar-refractivity contribution in [3.8, 4) is 5.88 Å². The standard InChI is InChI=1S/C14H16N2O2S/c1-9-12(6-7-17-9)19-13-5-4-11(15)14(16-13)18-8-10-2-3-10/h4-7,10H,2-3,8,15H2,1H3. The Balaban J connectivity index is 1.74. The van der Waals surface area contributed by atoms with Crippen molar-refractivity contribution in [2.45, 2.75) is 29.7 Å². The molecule has 4 nitrogen and oxygen atoms in total. The van der Waals surface area contributed by atoms with Gasteiger partial charge in [0.1, 0.15) is 10.8 Å². The first-order chi connectivity index (χ1) is 9.22. The van der Waals surface area contributed by atoms with Crippen LogP contribution in [-0.2, 0) is 0 Å². The van der Waals surface area contributed by atoms with Crippen LogP contribution in [0.5, 0.6) is 5.88 Å². The van der Waals surface area contributed by atoms with E-state index in [1.54, 1.807) is 18.0 Å². The molecule has 1 fully saturated rings. The van der Waals surface area contributed by atoms with E-state index in [1.807, 2.05) is 25.1 Å². The molecule has 1 aliphatic carbocycles. The Labute approximate surface area is 116 Å². The van der Waals surface area contributed by atoms with E-state index in [-0.39, 0.29) is 0 Å². The first kappa shape index (κ1) is 12.4. The summed E-state index contributed by atoms with van der Waals surface area (Å²) in [7, 11) is 0. The van der Waals surface area contributed by atoms with E-state index in [4.69, 9.17) is 14.9 Å². The number of pyridine rings is 1. The van der Waals surface area contributed by atoms with Crippen LogP contribution in [0.3, 0.4) is 0 Å². The molecule has 1 saturated carbocycles. The SMILES string of the molecule is Cc1occc1Sc1ccc(N)c(OCC2CC2)n1. The lowest BCUT2D eigenvalue weighted by Crippen LogP contribution is -2.04. The zero-order valence-corrected chi connectivity index (χ0v) is 11.6. The normalized spacial score (nSPS) is 14.6. The molecule has 0 atom stereocenters. The van der Waals surface area contributed by atoms with Crippen LogP contribution in [-0.4, -0.2) is 11.6 Å². The number of anilines is 1. The second kappa shape index (κ2) is 5.17.